The number of nitrogens with two attached hydrogens (primary N) is 1. The van der Waals surface area contributed by atoms with Gasteiger partial charge in [0.25, 0.3) is 7.82 Å². The summed E-state index contributed by atoms with van der Waals surface area (Å²) in [5.74, 6) is -1.04. The van der Waals surface area contributed by atoms with Gasteiger partial charge in [-0.05, 0) is 6.42 Å². The first-order valence-electron chi connectivity index (χ1n) is 21.6. The van der Waals surface area contributed by atoms with E-state index in [-0.39, 0.29) is 41.6 Å². The molecule has 65 heavy (non-hydrogen) atoms. The Kier molecular flexibility index (Phi) is 24.1. The molecule has 0 aliphatic carbocycles. The number of carbonyl (C=O) groups excluding carboxylic acids is 3. The zero-order chi connectivity index (χ0) is 48.3. The van der Waals surface area contributed by atoms with Crippen LogP contribution in [0.3, 0.4) is 0 Å². The van der Waals surface area contributed by atoms with E-state index in [9.17, 15) is 57.9 Å². The minimum Gasteiger partial charge on any atom is -0.756 e. The number of carbonyl (C=O) groups is 3. The first-order chi connectivity index (χ1) is 30.6. The predicted molar refractivity (Wildman–Crippen MR) is 235 cm³/mol. The van der Waals surface area contributed by atoms with Crippen LogP contribution in [-0.4, -0.2) is 118 Å². The highest BCUT2D eigenvalue weighted by Gasteiger charge is 2.49. The van der Waals surface area contributed by atoms with E-state index in [4.69, 9.17) is 19.5 Å². The number of unbranched alkanes of at least 4 members (excludes halogenated alkanes) is 12. The van der Waals surface area contributed by atoms with Crippen LogP contribution >= 0.6 is 35.2 Å². The summed E-state index contributed by atoms with van der Waals surface area (Å²) in [7, 11) is -16.7. The molecule has 3 unspecified atom stereocenters. The van der Waals surface area contributed by atoms with E-state index in [1.807, 2.05) is 0 Å². The fourth-order valence-electron chi connectivity index (χ4n) is 6.65. The number of phosphoric ester groups is 3. The van der Waals surface area contributed by atoms with Crippen molar-refractivity contribution in [3.05, 3.63) is 12.7 Å². The largest absolute Gasteiger partial charge is 0.756 e. The summed E-state index contributed by atoms with van der Waals surface area (Å²) < 4.78 is 62.1. The number of phosphoric acid groups is 3. The number of imidazole rings is 1. The molecule has 3 heterocycles. The fourth-order valence-corrected chi connectivity index (χ4v) is 10.2. The van der Waals surface area contributed by atoms with Crippen molar-refractivity contribution in [2.45, 2.75) is 148 Å². The van der Waals surface area contributed by atoms with Crippen molar-refractivity contribution in [3.8, 4) is 0 Å². The summed E-state index contributed by atoms with van der Waals surface area (Å²) in [6.45, 7) is 2.76. The van der Waals surface area contributed by atoms with E-state index in [0.717, 1.165) is 48.2 Å². The van der Waals surface area contributed by atoms with E-state index in [0.29, 0.717) is 12.2 Å². The first-order valence-corrected chi connectivity index (χ1v) is 27.1. The summed E-state index contributed by atoms with van der Waals surface area (Å²) in [6.07, 6.45) is 9.31. The molecule has 3 rings (SSSR count). The van der Waals surface area contributed by atoms with Crippen molar-refractivity contribution in [2.75, 3.05) is 37.8 Å². The number of hydrogen-bond donors (Lipinski definition) is 8. The molecule has 1 fully saturated rings. The topological polar surface area (TPSA) is 366 Å². The number of aliphatic hydroxyl groups excluding tert-OH is 2. The van der Waals surface area contributed by atoms with Crippen LogP contribution in [0.1, 0.15) is 123 Å². The van der Waals surface area contributed by atoms with Crippen LogP contribution in [0.2, 0.25) is 0 Å². The molecule has 2 aromatic heterocycles. The average Bonchev–Trinajstić information content (AvgIpc) is 3.79. The Labute approximate surface area is 382 Å². The second-order valence-corrected chi connectivity index (χ2v) is 21.6. The molecule has 0 aromatic carbocycles. The SMILES string of the molecule is CCCCCCCCCCCCCCCC(=O)SCCNC(=O)CCNC(=O)[C@H](O)C(C)(C)COP(=O)(O)OP(=O)(O)OC[C@H]1O[C@@H](n2cnc3c(N)ncnc32)[C@H](O)[C@@H]1OP(=O)([O-])O. The van der Waals surface area contributed by atoms with Gasteiger partial charge in [-0.2, -0.15) is 4.31 Å². The van der Waals surface area contributed by atoms with Crippen LogP contribution in [0.15, 0.2) is 12.7 Å². The summed E-state index contributed by atoms with van der Waals surface area (Å²) in [5.41, 5.74) is 4.25. The number of ether oxygens (including phenoxy) is 1. The maximum atomic E-state index is 12.7. The Hall–Kier alpha value is -2.44. The van der Waals surface area contributed by atoms with E-state index < -0.39 is 84.6 Å². The molecule has 24 nitrogen and oxygen atoms in total. The second kappa shape index (κ2) is 27.5. The van der Waals surface area contributed by atoms with Crippen LogP contribution in [0.25, 0.3) is 11.2 Å². The quantitative estimate of drug-likeness (QED) is 0.0374. The lowest BCUT2D eigenvalue weighted by Gasteiger charge is -2.30. The van der Waals surface area contributed by atoms with Gasteiger partial charge >= 0.3 is 15.6 Å². The summed E-state index contributed by atoms with van der Waals surface area (Å²) in [6, 6.07) is 0. The zero-order valence-corrected chi connectivity index (χ0v) is 40.4. The average molecular weight is 1000 g/mol. The van der Waals surface area contributed by atoms with Crippen LogP contribution < -0.4 is 21.3 Å². The van der Waals surface area contributed by atoms with Gasteiger partial charge in [0.2, 0.25) is 11.8 Å². The number of fused-ring (bicyclic) bond motifs is 1. The smallest absolute Gasteiger partial charge is 0.481 e. The molecule has 8 atom stereocenters. The molecule has 9 N–H and O–H groups in total. The van der Waals surface area contributed by atoms with Gasteiger partial charge in [0.05, 0.1) is 19.5 Å². The molecule has 1 aliphatic heterocycles. The number of amides is 2. The van der Waals surface area contributed by atoms with Crippen molar-refractivity contribution in [1.29, 1.82) is 0 Å². The third-order valence-electron chi connectivity index (χ3n) is 10.2. The Morgan fingerprint density at radius 3 is 2.12 bits per heavy atom. The molecular formula is C37H65N7O17P3S-. The Morgan fingerprint density at radius 2 is 1.51 bits per heavy atom. The predicted octanol–water partition coefficient (Wildman–Crippen LogP) is 3.51. The van der Waals surface area contributed by atoms with Gasteiger partial charge in [0.1, 0.15) is 36.3 Å². The van der Waals surface area contributed by atoms with Gasteiger partial charge in [0, 0.05) is 37.1 Å². The van der Waals surface area contributed by atoms with Crippen LogP contribution in [0.4, 0.5) is 5.82 Å². The van der Waals surface area contributed by atoms with E-state index in [1.165, 1.54) is 78.1 Å². The van der Waals surface area contributed by atoms with Crippen molar-refractivity contribution >= 4 is 69.1 Å². The minimum absolute atomic E-state index is 0.0181. The normalized spacial score (nSPS) is 21.1. The van der Waals surface area contributed by atoms with Crippen LogP contribution in [-0.2, 0) is 50.7 Å². The Morgan fingerprint density at radius 1 is 0.908 bits per heavy atom. The first kappa shape index (κ1) is 56.9. The molecule has 372 valence electrons. The van der Waals surface area contributed by atoms with Gasteiger partial charge in [-0.25, -0.2) is 24.1 Å². The number of aromatic nitrogens is 4. The van der Waals surface area contributed by atoms with Crippen LogP contribution in [0.5, 0.6) is 0 Å². The van der Waals surface area contributed by atoms with Gasteiger partial charge < -0.3 is 55.4 Å². The van der Waals surface area contributed by atoms with Gasteiger partial charge in [-0.15, -0.1) is 0 Å². The number of rotatable bonds is 33. The maximum Gasteiger partial charge on any atom is 0.481 e. The number of anilines is 1. The molecule has 2 amide bonds. The molecule has 0 spiro atoms. The number of nitrogens with one attached hydrogen (secondary N) is 2. The number of aliphatic hydroxyl groups is 2. The third kappa shape index (κ3) is 20.8. The highest BCUT2D eigenvalue weighted by Crippen LogP contribution is 2.61. The molecule has 1 saturated heterocycles. The molecular weight excluding hydrogens is 939 g/mol. The highest BCUT2D eigenvalue weighted by atomic mass is 32.2. The molecule has 28 heteroatoms. The Balaban J connectivity index is 1.32. The molecule has 0 radical (unpaired) electrons. The van der Waals surface area contributed by atoms with E-state index >= 15 is 0 Å². The molecule has 0 bridgehead atoms. The third-order valence-corrected chi connectivity index (χ3v) is 14.3. The van der Waals surface area contributed by atoms with Crippen molar-refractivity contribution in [3.63, 3.8) is 0 Å². The standard InChI is InChI=1S/C37H66N7O17P3S/c1-4-5-6-7-8-9-10-11-12-13-14-15-16-17-28(46)65-21-20-39-27(45)18-19-40-35(49)32(48)37(2,3)23-58-64(55,56)61-63(53,54)57-22-26-31(60-62(50,51)52)30(47)36(59-26)44-25-43-29-33(38)41-24-42-34(29)44/h24-26,30-32,36,47-48H,4-23H2,1-3H3,(H,39,45)(H,40,49)(H,53,54)(H,55,56)(H2,38,41,42)(H2,50,51,52)/p-1/t26-,30-,31-,32+,36-/m1/s1. The molecule has 1 aliphatic rings. The van der Waals surface area contributed by atoms with Crippen molar-refractivity contribution < 1.29 is 80.5 Å². The lowest BCUT2D eigenvalue weighted by molar-refractivity contribution is -0.228. The van der Waals surface area contributed by atoms with Gasteiger partial charge in [-0.3, -0.25) is 32.6 Å². The number of hydrogen-bond acceptors (Lipinski definition) is 19. The monoisotopic (exact) mass is 1000 g/mol. The fraction of sp³-hybridized carbons (Fsp3) is 0.784. The summed E-state index contributed by atoms with van der Waals surface area (Å²) >= 11 is 1.15. The number of thioether (sulfide) groups is 1. The summed E-state index contributed by atoms with van der Waals surface area (Å²) in [5, 5.41) is 26.6. The lowest BCUT2D eigenvalue weighted by Crippen LogP contribution is -2.46. The lowest BCUT2D eigenvalue weighted by atomic mass is 9.87. The van der Waals surface area contributed by atoms with E-state index in [1.54, 1.807) is 0 Å². The van der Waals surface area contributed by atoms with Crippen LogP contribution in [0, 0.1) is 5.41 Å². The Bertz CT molecular complexity index is 1960. The van der Waals surface area contributed by atoms with Gasteiger partial charge in [0.15, 0.2) is 22.8 Å². The molecule has 2 aromatic rings. The van der Waals surface area contributed by atoms with Crippen molar-refractivity contribution in [2.24, 2.45) is 5.41 Å². The summed E-state index contributed by atoms with van der Waals surface area (Å²) in [4.78, 5) is 90.3. The maximum absolute atomic E-state index is 12.7. The van der Waals surface area contributed by atoms with Gasteiger partial charge in [-0.1, -0.05) is 110 Å². The minimum atomic E-state index is -5.59. The van der Waals surface area contributed by atoms with Crippen molar-refractivity contribution in [1.82, 2.24) is 30.2 Å². The van der Waals surface area contributed by atoms with E-state index in [2.05, 4.69) is 41.3 Å². The second-order valence-electron chi connectivity index (χ2n) is 16.3. The highest BCUT2D eigenvalue weighted by molar-refractivity contribution is 8.13. The molecule has 0 saturated carbocycles. The zero-order valence-electron chi connectivity index (χ0n) is 36.9. The number of nitrogen functional groups attached to an aromatic ring is 1. The number of nitrogens with zero attached hydrogens (tertiary/aromatic N) is 4.